The zero-order valence-corrected chi connectivity index (χ0v) is 11.9. The Morgan fingerprint density at radius 2 is 2.11 bits per heavy atom. The molecule has 0 saturated carbocycles. The van der Waals surface area contributed by atoms with Crippen molar-refractivity contribution in [2.45, 2.75) is 19.9 Å². The Morgan fingerprint density at radius 1 is 1.42 bits per heavy atom. The Morgan fingerprint density at radius 3 is 2.53 bits per heavy atom. The molecule has 0 fully saturated rings. The van der Waals surface area contributed by atoms with Gasteiger partial charge in [-0.25, -0.2) is 15.8 Å². The molecule has 0 spiro atoms. The lowest BCUT2D eigenvalue weighted by Crippen LogP contribution is -2.44. The molecule has 1 aromatic rings. The van der Waals surface area contributed by atoms with E-state index in [1.165, 1.54) is 12.4 Å². The average Bonchev–Trinajstić information content (AvgIpc) is 2.38. The lowest BCUT2D eigenvalue weighted by atomic mass is 10.2. The molecule has 0 bridgehead atoms. The van der Waals surface area contributed by atoms with E-state index in [1.54, 1.807) is 4.90 Å². The number of carbonyl (C=O) groups is 1. The maximum Gasteiger partial charge on any atom is 0.274 e. The van der Waals surface area contributed by atoms with Gasteiger partial charge in [0.25, 0.3) is 5.91 Å². The number of nitrogens with zero attached hydrogens (tertiary/aromatic N) is 4. The molecule has 7 heteroatoms. The minimum Gasteiger partial charge on any atom is -0.334 e. The van der Waals surface area contributed by atoms with Crippen LogP contribution in [0, 0.1) is 0 Å². The molecule has 0 saturated heterocycles. The number of nitrogens with one attached hydrogen (secondary N) is 1. The van der Waals surface area contributed by atoms with Crippen LogP contribution in [0.25, 0.3) is 0 Å². The Hall–Kier alpha value is -1.73. The number of hydrogen-bond donors (Lipinski definition) is 2. The molecule has 1 heterocycles. The molecule has 1 rings (SSSR count). The van der Waals surface area contributed by atoms with E-state index in [1.807, 2.05) is 32.8 Å². The lowest BCUT2D eigenvalue weighted by Gasteiger charge is -2.29. The zero-order chi connectivity index (χ0) is 14.4. The third-order valence-electron chi connectivity index (χ3n) is 2.78. The second-order valence-corrected chi connectivity index (χ2v) is 4.63. The van der Waals surface area contributed by atoms with Crippen molar-refractivity contribution >= 4 is 11.7 Å². The van der Waals surface area contributed by atoms with Crippen molar-refractivity contribution in [2.24, 2.45) is 5.84 Å². The predicted molar refractivity (Wildman–Crippen MR) is 74.6 cm³/mol. The molecular weight excluding hydrogens is 244 g/mol. The summed E-state index contributed by atoms with van der Waals surface area (Å²) in [6, 6.07) is 0.113. The standard InChI is InChI=1S/C12H22N6O/c1-5-18(9(2)8-17(3)4)12(19)10-6-15-11(16-13)7-14-10/h6-7,9H,5,8,13H2,1-4H3,(H,15,16). The summed E-state index contributed by atoms with van der Waals surface area (Å²) in [6.45, 7) is 5.40. The third-order valence-corrected chi connectivity index (χ3v) is 2.78. The topological polar surface area (TPSA) is 87.4 Å². The van der Waals surface area contributed by atoms with Crippen LogP contribution in [0.3, 0.4) is 0 Å². The van der Waals surface area contributed by atoms with E-state index >= 15 is 0 Å². The fourth-order valence-corrected chi connectivity index (χ4v) is 1.94. The van der Waals surface area contributed by atoms with Gasteiger partial charge in [-0.1, -0.05) is 0 Å². The first-order valence-corrected chi connectivity index (χ1v) is 6.24. The quantitative estimate of drug-likeness (QED) is 0.564. The number of hydrogen-bond acceptors (Lipinski definition) is 6. The van der Waals surface area contributed by atoms with E-state index in [0.29, 0.717) is 18.1 Å². The summed E-state index contributed by atoms with van der Waals surface area (Å²) in [5.41, 5.74) is 2.71. The number of rotatable bonds is 6. The van der Waals surface area contributed by atoms with Crippen LogP contribution in [0.4, 0.5) is 5.82 Å². The van der Waals surface area contributed by atoms with Crippen LogP contribution in [0.1, 0.15) is 24.3 Å². The lowest BCUT2D eigenvalue weighted by molar-refractivity contribution is 0.0672. The molecule has 1 atom stereocenters. The molecule has 0 aliphatic rings. The van der Waals surface area contributed by atoms with Crippen LogP contribution in [0.15, 0.2) is 12.4 Å². The number of amides is 1. The van der Waals surface area contributed by atoms with Gasteiger partial charge in [0.15, 0.2) is 5.82 Å². The van der Waals surface area contributed by atoms with Gasteiger partial charge in [-0.3, -0.25) is 4.79 Å². The fourth-order valence-electron chi connectivity index (χ4n) is 1.94. The van der Waals surface area contributed by atoms with Crippen molar-refractivity contribution in [3.05, 3.63) is 18.1 Å². The highest BCUT2D eigenvalue weighted by Crippen LogP contribution is 2.08. The Labute approximate surface area is 113 Å². The van der Waals surface area contributed by atoms with Crippen LogP contribution in [-0.2, 0) is 0 Å². The van der Waals surface area contributed by atoms with Gasteiger partial charge >= 0.3 is 0 Å². The summed E-state index contributed by atoms with van der Waals surface area (Å²) in [7, 11) is 3.96. The van der Waals surface area contributed by atoms with Crippen molar-refractivity contribution in [1.29, 1.82) is 0 Å². The molecule has 0 aromatic carbocycles. The van der Waals surface area contributed by atoms with E-state index < -0.39 is 0 Å². The summed E-state index contributed by atoms with van der Waals surface area (Å²) in [6.07, 6.45) is 2.88. The number of hydrazine groups is 1. The first-order valence-electron chi connectivity index (χ1n) is 6.24. The highest BCUT2D eigenvalue weighted by atomic mass is 16.2. The first-order chi connectivity index (χ1) is 8.99. The number of nitrogens with two attached hydrogens (primary N) is 1. The maximum atomic E-state index is 12.4. The van der Waals surface area contributed by atoms with E-state index in [4.69, 9.17) is 5.84 Å². The van der Waals surface area contributed by atoms with E-state index in [2.05, 4.69) is 15.4 Å². The van der Waals surface area contributed by atoms with E-state index in [-0.39, 0.29) is 11.9 Å². The third kappa shape index (κ3) is 4.15. The van der Waals surface area contributed by atoms with Crippen molar-refractivity contribution < 1.29 is 4.79 Å². The molecule has 0 aliphatic heterocycles. The van der Waals surface area contributed by atoms with Gasteiger partial charge in [0.2, 0.25) is 0 Å². The molecule has 19 heavy (non-hydrogen) atoms. The Balaban J connectivity index is 2.82. The van der Waals surface area contributed by atoms with Crippen molar-refractivity contribution in [3.8, 4) is 0 Å². The smallest absolute Gasteiger partial charge is 0.274 e. The van der Waals surface area contributed by atoms with Crippen molar-refractivity contribution in [2.75, 3.05) is 32.6 Å². The number of anilines is 1. The summed E-state index contributed by atoms with van der Waals surface area (Å²) in [5, 5.41) is 0. The van der Waals surface area contributed by atoms with Gasteiger partial charge in [-0.2, -0.15) is 0 Å². The van der Waals surface area contributed by atoms with Gasteiger partial charge < -0.3 is 15.2 Å². The van der Waals surface area contributed by atoms with Crippen LogP contribution >= 0.6 is 0 Å². The average molecular weight is 266 g/mol. The van der Waals surface area contributed by atoms with E-state index in [0.717, 1.165) is 6.54 Å². The highest BCUT2D eigenvalue weighted by molar-refractivity contribution is 5.92. The largest absolute Gasteiger partial charge is 0.334 e. The predicted octanol–water partition coefficient (Wildman–Crippen LogP) is 0.174. The SMILES string of the molecule is CCN(C(=O)c1cnc(NN)cn1)C(C)CN(C)C. The number of nitrogen functional groups attached to an aromatic ring is 1. The van der Waals surface area contributed by atoms with Crippen LogP contribution in [0.5, 0.6) is 0 Å². The Bertz CT molecular complexity index is 405. The van der Waals surface area contributed by atoms with Gasteiger partial charge in [0.1, 0.15) is 5.69 Å². The van der Waals surface area contributed by atoms with E-state index in [9.17, 15) is 4.79 Å². The molecule has 106 valence electrons. The first kappa shape index (κ1) is 15.3. The fraction of sp³-hybridized carbons (Fsp3) is 0.583. The monoisotopic (exact) mass is 266 g/mol. The van der Waals surface area contributed by atoms with Gasteiger partial charge in [-0.05, 0) is 27.9 Å². The zero-order valence-electron chi connectivity index (χ0n) is 11.9. The van der Waals surface area contributed by atoms with Crippen molar-refractivity contribution in [1.82, 2.24) is 19.8 Å². The van der Waals surface area contributed by atoms with Crippen LogP contribution in [-0.4, -0.2) is 58.9 Å². The molecule has 0 radical (unpaired) electrons. The summed E-state index contributed by atoms with van der Waals surface area (Å²) in [5.74, 6) is 5.53. The summed E-state index contributed by atoms with van der Waals surface area (Å²) < 4.78 is 0. The molecule has 1 aromatic heterocycles. The minimum atomic E-state index is -0.118. The number of aromatic nitrogens is 2. The number of carbonyl (C=O) groups excluding carboxylic acids is 1. The molecule has 1 unspecified atom stereocenters. The highest BCUT2D eigenvalue weighted by Gasteiger charge is 2.21. The van der Waals surface area contributed by atoms with Crippen molar-refractivity contribution in [3.63, 3.8) is 0 Å². The molecule has 0 aliphatic carbocycles. The number of likely N-dealkylation sites (N-methyl/N-ethyl adjacent to an activating group) is 2. The second kappa shape index (κ2) is 7.01. The van der Waals surface area contributed by atoms with Crippen LogP contribution < -0.4 is 11.3 Å². The molecule has 7 nitrogen and oxygen atoms in total. The molecule has 1 amide bonds. The van der Waals surface area contributed by atoms with Gasteiger partial charge in [-0.15, -0.1) is 0 Å². The summed E-state index contributed by atoms with van der Waals surface area (Å²) >= 11 is 0. The Kier molecular flexibility index (Phi) is 5.65. The van der Waals surface area contributed by atoms with Crippen LogP contribution in [0.2, 0.25) is 0 Å². The normalized spacial score (nSPS) is 12.3. The van der Waals surface area contributed by atoms with Gasteiger partial charge in [0.05, 0.1) is 12.4 Å². The summed E-state index contributed by atoms with van der Waals surface area (Å²) in [4.78, 5) is 24.2. The second-order valence-electron chi connectivity index (χ2n) is 4.63. The molecular formula is C12H22N6O. The molecule has 3 N–H and O–H groups in total. The maximum absolute atomic E-state index is 12.4. The minimum absolute atomic E-state index is 0.113. The van der Waals surface area contributed by atoms with Gasteiger partial charge in [0, 0.05) is 19.1 Å².